The summed E-state index contributed by atoms with van der Waals surface area (Å²) in [5.74, 6) is 1.03. The Morgan fingerprint density at radius 2 is 1.91 bits per heavy atom. The standard InChI is InChI=1S/C18H17NO3/c1-2-3-4-12-16(18(21)22)19-17(20)15-11-7-9-13-8-5-6-10-14(13)15/h1,5-11,16H,3-4,12H2,(H,19,20)(H,21,22)/t16-/m1/s1. The molecule has 0 radical (unpaired) electrons. The number of carboxylic acids is 1. The lowest BCUT2D eigenvalue weighted by atomic mass is 10.0. The molecule has 4 heteroatoms. The van der Waals surface area contributed by atoms with E-state index in [4.69, 9.17) is 6.42 Å². The number of hydrogen-bond acceptors (Lipinski definition) is 2. The van der Waals surface area contributed by atoms with Gasteiger partial charge in [0.1, 0.15) is 6.04 Å². The highest BCUT2D eigenvalue weighted by molar-refractivity contribution is 6.07. The molecule has 0 bridgehead atoms. The second-order valence-corrected chi connectivity index (χ2v) is 4.99. The lowest BCUT2D eigenvalue weighted by molar-refractivity contribution is -0.139. The lowest BCUT2D eigenvalue weighted by Gasteiger charge is -2.15. The summed E-state index contributed by atoms with van der Waals surface area (Å²) in [6.07, 6.45) is 6.53. The van der Waals surface area contributed by atoms with E-state index in [2.05, 4.69) is 11.2 Å². The molecule has 1 atom stereocenters. The molecular formula is C18H17NO3. The van der Waals surface area contributed by atoms with Gasteiger partial charge in [-0.25, -0.2) is 4.79 Å². The van der Waals surface area contributed by atoms with Gasteiger partial charge < -0.3 is 10.4 Å². The fourth-order valence-electron chi connectivity index (χ4n) is 2.33. The molecule has 1 amide bonds. The highest BCUT2D eigenvalue weighted by atomic mass is 16.4. The van der Waals surface area contributed by atoms with E-state index < -0.39 is 12.0 Å². The monoisotopic (exact) mass is 295 g/mol. The van der Waals surface area contributed by atoms with Gasteiger partial charge in [0, 0.05) is 12.0 Å². The summed E-state index contributed by atoms with van der Waals surface area (Å²) in [5, 5.41) is 13.5. The maximum absolute atomic E-state index is 12.4. The molecule has 0 aliphatic carbocycles. The number of carbonyl (C=O) groups excluding carboxylic acids is 1. The zero-order valence-corrected chi connectivity index (χ0v) is 12.1. The van der Waals surface area contributed by atoms with Crippen LogP contribution in [0.1, 0.15) is 29.6 Å². The molecule has 0 fully saturated rings. The maximum Gasteiger partial charge on any atom is 0.326 e. The number of carboxylic acid groups (broad SMARTS) is 1. The van der Waals surface area contributed by atoms with Crippen molar-refractivity contribution in [1.29, 1.82) is 0 Å². The average molecular weight is 295 g/mol. The highest BCUT2D eigenvalue weighted by Gasteiger charge is 2.20. The van der Waals surface area contributed by atoms with E-state index in [-0.39, 0.29) is 5.91 Å². The third-order valence-electron chi connectivity index (χ3n) is 3.45. The van der Waals surface area contributed by atoms with E-state index >= 15 is 0 Å². The number of rotatable bonds is 6. The number of benzene rings is 2. The molecule has 2 rings (SSSR count). The van der Waals surface area contributed by atoms with Crippen molar-refractivity contribution in [2.45, 2.75) is 25.3 Å². The first-order valence-corrected chi connectivity index (χ1v) is 7.08. The molecule has 2 aromatic rings. The molecule has 0 aromatic heterocycles. The van der Waals surface area contributed by atoms with E-state index in [1.54, 1.807) is 12.1 Å². The van der Waals surface area contributed by atoms with Crippen molar-refractivity contribution in [2.24, 2.45) is 0 Å². The summed E-state index contributed by atoms with van der Waals surface area (Å²) in [5.41, 5.74) is 0.473. The van der Waals surface area contributed by atoms with E-state index in [1.807, 2.05) is 30.3 Å². The van der Waals surface area contributed by atoms with Crippen LogP contribution in [-0.2, 0) is 4.79 Å². The molecular weight excluding hydrogens is 278 g/mol. The number of nitrogens with one attached hydrogen (secondary N) is 1. The molecule has 0 aliphatic heterocycles. The van der Waals surface area contributed by atoms with Crippen LogP contribution in [0, 0.1) is 12.3 Å². The number of terminal acetylenes is 1. The number of carbonyl (C=O) groups is 2. The number of aliphatic carboxylic acids is 1. The van der Waals surface area contributed by atoms with E-state index in [0.717, 1.165) is 10.8 Å². The van der Waals surface area contributed by atoms with Crippen molar-refractivity contribution >= 4 is 22.6 Å². The Balaban J connectivity index is 2.19. The van der Waals surface area contributed by atoms with Gasteiger partial charge in [0.05, 0.1) is 0 Å². The predicted molar refractivity (Wildman–Crippen MR) is 85.5 cm³/mol. The molecule has 0 aliphatic rings. The summed E-state index contributed by atoms with van der Waals surface area (Å²) in [7, 11) is 0. The van der Waals surface area contributed by atoms with Gasteiger partial charge in [-0.1, -0.05) is 36.4 Å². The van der Waals surface area contributed by atoms with Gasteiger partial charge in [0.25, 0.3) is 5.91 Å². The van der Waals surface area contributed by atoms with E-state index in [0.29, 0.717) is 24.8 Å². The van der Waals surface area contributed by atoms with Gasteiger partial charge in [-0.05, 0) is 29.7 Å². The highest BCUT2D eigenvalue weighted by Crippen LogP contribution is 2.18. The molecule has 0 heterocycles. The summed E-state index contributed by atoms with van der Waals surface area (Å²) >= 11 is 0. The summed E-state index contributed by atoms with van der Waals surface area (Å²) in [6, 6.07) is 12.0. The number of hydrogen-bond donors (Lipinski definition) is 2. The second kappa shape index (κ2) is 7.28. The maximum atomic E-state index is 12.4. The van der Waals surface area contributed by atoms with Crippen LogP contribution in [0.3, 0.4) is 0 Å². The minimum Gasteiger partial charge on any atom is -0.480 e. The van der Waals surface area contributed by atoms with Crippen LogP contribution in [0.4, 0.5) is 0 Å². The van der Waals surface area contributed by atoms with Gasteiger partial charge in [-0.2, -0.15) is 0 Å². The zero-order valence-electron chi connectivity index (χ0n) is 12.1. The molecule has 0 spiro atoms. The Hall–Kier alpha value is -2.80. The van der Waals surface area contributed by atoms with Crippen molar-refractivity contribution in [3.63, 3.8) is 0 Å². The Kier molecular flexibility index (Phi) is 5.16. The van der Waals surface area contributed by atoms with Gasteiger partial charge in [-0.3, -0.25) is 4.79 Å². The van der Waals surface area contributed by atoms with Gasteiger partial charge >= 0.3 is 5.97 Å². The largest absolute Gasteiger partial charge is 0.480 e. The zero-order chi connectivity index (χ0) is 15.9. The van der Waals surface area contributed by atoms with Crippen molar-refractivity contribution in [3.8, 4) is 12.3 Å². The van der Waals surface area contributed by atoms with Crippen LogP contribution in [0.15, 0.2) is 42.5 Å². The lowest BCUT2D eigenvalue weighted by Crippen LogP contribution is -2.40. The van der Waals surface area contributed by atoms with Crippen LogP contribution in [0.5, 0.6) is 0 Å². The molecule has 2 N–H and O–H groups in total. The predicted octanol–water partition coefficient (Wildman–Crippen LogP) is 2.83. The molecule has 0 saturated carbocycles. The fraction of sp³-hybridized carbons (Fsp3) is 0.222. The van der Waals surface area contributed by atoms with Gasteiger partial charge in [0.15, 0.2) is 0 Å². The summed E-state index contributed by atoms with van der Waals surface area (Å²) in [4.78, 5) is 23.6. The van der Waals surface area contributed by atoms with Crippen LogP contribution < -0.4 is 5.32 Å². The fourth-order valence-corrected chi connectivity index (χ4v) is 2.33. The van der Waals surface area contributed by atoms with Crippen LogP contribution in [-0.4, -0.2) is 23.0 Å². The van der Waals surface area contributed by atoms with Crippen molar-refractivity contribution in [3.05, 3.63) is 48.0 Å². The Labute approximate surface area is 129 Å². The van der Waals surface area contributed by atoms with E-state index in [9.17, 15) is 14.7 Å². The SMILES string of the molecule is C#CCCC[C@@H](NC(=O)c1cccc2ccccc12)C(=O)O. The van der Waals surface area contributed by atoms with Crippen LogP contribution in [0.2, 0.25) is 0 Å². The second-order valence-electron chi connectivity index (χ2n) is 4.99. The summed E-state index contributed by atoms with van der Waals surface area (Å²) < 4.78 is 0. The molecule has 22 heavy (non-hydrogen) atoms. The smallest absolute Gasteiger partial charge is 0.326 e. The van der Waals surface area contributed by atoms with Crippen molar-refractivity contribution in [2.75, 3.05) is 0 Å². The van der Waals surface area contributed by atoms with Gasteiger partial charge in [0.2, 0.25) is 0 Å². The molecule has 0 unspecified atom stereocenters. The topological polar surface area (TPSA) is 66.4 Å². The van der Waals surface area contributed by atoms with Crippen molar-refractivity contribution < 1.29 is 14.7 Å². The third-order valence-corrected chi connectivity index (χ3v) is 3.45. The first kappa shape index (κ1) is 15.6. The number of amides is 1. The van der Waals surface area contributed by atoms with E-state index in [1.165, 1.54) is 0 Å². The van der Waals surface area contributed by atoms with Crippen LogP contribution in [0.25, 0.3) is 10.8 Å². The van der Waals surface area contributed by atoms with Gasteiger partial charge in [-0.15, -0.1) is 12.3 Å². The quantitative estimate of drug-likeness (QED) is 0.636. The first-order valence-electron chi connectivity index (χ1n) is 7.08. The minimum atomic E-state index is -1.05. The molecule has 0 saturated heterocycles. The Bertz CT molecular complexity index is 725. The normalized spacial score (nSPS) is 11.6. The number of unbranched alkanes of at least 4 members (excludes halogenated alkanes) is 1. The van der Waals surface area contributed by atoms with Crippen LogP contribution >= 0.6 is 0 Å². The average Bonchev–Trinajstić information content (AvgIpc) is 2.53. The minimum absolute atomic E-state index is 0.316. The molecule has 112 valence electrons. The third kappa shape index (κ3) is 3.64. The molecule has 4 nitrogen and oxygen atoms in total. The number of fused-ring (bicyclic) bond motifs is 1. The molecule has 2 aromatic carbocycles. The Morgan fingerprint density at radius 1 is 1.18 bits per heavy atom. The van der Waals surface area contributed by atoms with Crippen molar-refractivity contribution in [1.82, 2.24) is 5.32 Å². The first-order chi connectivity index (χ1) is 10.6. The summed E-state index contributed by atoms with van der Waals surface area (Å²) in [6.45, 7) is 0. The Morgan fingerprint density at radius 3 is 2.64 bits per heavy atom.